The number of benzene rings is 2. The average molecular weight is 298 g/mol. The lowest BCUT2D eigenvalue weighted by molar-refractivity contribution is 0.659. The summed E-state index contributed by atoms with van der Waals surface area (Å²) < 4.78 is 2.28. The minimum absolute atomic E-state index is 0.210. The van der Waals surface area contributed by atoms with Crippen molar-refractivity contribution in [1.82, 2.24) is 9.55 Å². The number of halogens is 1. The third-order valence-corrected chi connectivity index (χ3v) is 4.26. The van der Waals surface area contributed by atoms with Crippen molar-refractivity contribution in [2.24, 2.45) is 5.73 Å². The van der Waals surface area contributed by atoms with E-state index in [2.05, 4.69) is 4.57 Å². The molecule has 1 heterocycles. The third kappa shape index (κ3) is 2.23. The fourth-order valence-electron chi connectivity index (χ4n) is 2.83. The minimum Gasteiger partial charge on any atom is -0.323 e. The SMILES string of the molecule is NC(c1ccccc1)c1nc2ccc(Cl)cc2n1C1CC1. The van der Waals surface area contributed by atoms with Crippen LogP contribution in [0, 0.1) is 0 Å². The van der Waals surface area contributed by atoms with E-state index in [0.29, 0.717) is 6.04 Å². The Hall–Kier alpha value is -1.84. The average Bonchev–Trinajstić information content (AvgIpc) is 3.28. The minimum atomic E-state index is -0.210. The highest BCUT2D eigenvalue weighted by atomic mass is 35.5. The van der Waals surface area contributed by atoms with Crippen molar-refractivity contribution in [2.75, 3.05) is 0 Å². The molecule has 0 amide bonds. The monoisotopic (exact) mass is 297 g/mol. The van der Waals surface area contributed by atoms with Crippen molar-refractivity contribution in [1.29, 1.82) is 0 Å². The van der Waals surface area contributed by atoms with Crippen LogP contribution in [0.4, 0.5) is 0 Å². The maximum atomic E-state index is 6.47. The molecule has 0 spiro atoms. The van der Waals surface area contributed by atoms with E-state index < -0.39 is 0 Å². The van der Waals surface area contributed by atoms with Crippen molar-refractivity contribution in [2.45, 2.75) is 24.9 Å². The van der Waals surface area contributed by atoms with Crippen LogP contribution < -0.4 is 5.73 Å². The van der Waals surface area contributed by atoms with E-state index >= 15 is 0 Å². The molecule has 1 fully saturated rings. The van der Waals surface area contributed by atoms with Crippen molar-refractivity contribution in [3.8, 4) is 0 Å². The second kappa shape index (κ2) is 4.86. The van der Waals surface area contributed by atoms with Gasteiger partial charge >= 0.3 is 0 Å². The number of imidazole rings is 1. The maximum absolute atomic E-state index is 6.47. The second-order valence-electron chi connectivity index (χ2n) is 5.59. The summed E-state index contributed by atoms with van der Waals surface area (Å²) in [5.41, 5.74) is 9.61. The topological polar surface area (TPSA) is 43.8 Å². The lowest BCUT2D eigenvalue weighted by Gasteiger charge is -2.14. The largest absolute Gasteiger partial charge is 0.323 e. The third-order valence-electron chi connectivity index (χ3n) is 4.03. The molecule has 0 bridgehead atoms. The number of hydrogen-bond acceptors (Lipinski definition) is 2. The Labute approximate surface area is 128 Å². The van der Waals surface area contributed by atoms with Gasteiger partial charge in [-0.15, -0.1) is 0 Å². The lowest BCUT2D eigenvalue weighted by atomic mass is 10.1. The van der Waals surface area contributed by atoms with Gasteiger partial charge in [-0.3, -0.25) is 0 Å². The van der Waals surface area contributed by atoms with E-state index in [1.165, 1.54) is 12.8 Å². The van der Waals surface area contributed by atoms with Crippen LogP contribution in [0.2, 0.25) is 5.02 Å². The summed E-state index contributed by atoms with van der Waals surface area (Å²) in [6, 6.07) is 16.3. The van der Waals surface area contributed by atoms with Crippen LogP contribution in [0.1, 0.15) is 36.3 Å². The van der Waals surface area contributed by atoms with Gasteiger partial charge in [0, 0.05) is 11.1 Å². The predicted octanol–water partition coefficient (Wildman–Crippen LogP) is 4.07. The van der Waals surface area contributed by atoms with Gasteiger partial charge in [0.1, 0.15) is 5.82 Å². The number of rotatable bonds is 3. The highest BCUT2D eigenvalue weighted by Crippen LogP contribution is 2.40. The van der Waals surface area contributed by atoms with Gasteiger partial charge in [-0.1, -0.05) is 41.9 Å². The van der Waals surface area contributed by atoms with Crippen molar-refractivity contribution >= 4 is 22.6 Å². The predicted molar refractivity (Wildman–Crippen MR) is 85.5 cm³/mol. The first-order valence-corrected chi connectivity index (χ1v) is 7.60. The summed E-state index contributed by atoms with van der Waals surface area (Å²) in [7, 11) is 0. The van der Waals surface area contributed by atoms with Gasteiger partial charge in [0.25, 0.3) is 0 Å². The highest BCUT2D eigenvalue weighted by molar-refractivity contribution is 6.31. The summed E-state index contributed by atoms with van der Waals surface area (Å²) in [5, 5.41) is 0.740. The van der Waals surface area contributed by atoms with E-state index in [9.17, 15) is 0 Å². The first-order valence-electron chi connectivity index (χ1n) is 7.22. The van der Waals surface area contributed by atoms with Gasteiger partial charge in [-0.05, 0) is 36.6 Å². The number of nitrogens with zero attached hydrogens (tertiary/aromatic N) is 2. The van der Waals surface area contributed by atoms with Crippen LogP contribution in [0.25, 0.3) is 11.0 Å². The molecule has 3 nitrogen and oxygen atoms in total. The molecule has 2 aromatic carbocycles. The zero-order chi connectivity index (χ0) is 14.4. The molecule has 4 rings (SSSR count). The smallest absolute Gasteiger partial charge is 0.131 e. The molecule has 1 aromatic heterocycles. The molecule has 3 aromatic rings. The van der Waals surface area contributed by atoms with Crippen LogP contribution in [-0.2, 0) is 0 Å². The van der Waals surface area contributed by atoms with Gasteiger partial charge in [0.15, 0.2) is 0 Å². The first kappa shape index (κ1) is 12.9. The fourth-order valence-corrected chi connectivity index (χ4v) is 3.00. The van der Waals surface area contributed by atoms with Crippen LogP contribution >= 0.6 is 11.6 Å². The van der Waals surface area contributed by atoms with Crippen molar-refractivity contribution in [3.63, 3.8) is 0 Å². The quantitative estimate of drug-likeness (QED) is 0.792. The normalized spacial score (nSPS) is 16.3. The van der Waals surface area contributed by atoms with Crippen molar-refractivity contribution in [3.05, 3.63) is 64.9 Å². The fraction of sp³-hybridized carbons (Fsp3) is 0.235. The van der Waals surface area contributed by atoms with Crippen molar-refractivity contribution < 1.29 is 0 Å². The number of nitrogens with two attached hydrogens (primary N) is 1. The zero-order valence-electron chi connectivity index (χ0n) is 11.5. The number of hydrogen-bond donors (Lipinski definition) is 1. The van der Waals surface area contributed by atoms with E-state index in [4.69, 9.17) is 22.3 Å². The van der Waals surface area contributed by atoms with E-state index in [1.807, 2.05) is 48.5 Å². The van der Waals surface area contributed by atoms with Crippen LogP contribution in [0.3, 0.4) is 0 Å². The molecule has 21 heavy (non-hydrogen) atoms. The molecule has 0 saturated heterocycles. The van der Waals surface area contributed by atoms with Crippen LogP contribution in [0.15, 0.2) is 48.5 Å². The van der Waals surface area contributed by atoms with Crippen LogP contribution in [0.5, 0.6) is 0 Å². The van der Waals surface area contributed by atoms with Crippen LogP contribution in [-0.4, -0.2) is 9.55 Å². The molecular weight excluding hydrogens is 282 g/mol. The Morgan fingerprint density at radius 3 is 2.62 bits per heavy atom. The highest BCUT2D eigenvalue weighted by Gasteiger charge is 2.30. The Morgan fingerprint density at radius 2 is 1.90 bits per heavy atom. The maximum Gasteiger partial charge on any atom is 0.131 e. The van der Waals surface area contributed by atoms with Gasteiger partial charge in [-0.25, -0.2) is 4.98 Å². The summed E-state index contributed by atoms with van der Waals surface area (Å²) in [4.78, 5) is 4.77. The molecule has 1 aliphatic carbocycles. The second-order valence-corrected chi connectivity index (χ2v) is 6.03. The molecule has 1 unspecified atom stereocenters. The van der Waals surface area contributed by atoms with Gasteiger partial charge in [0.05, 0.1) is 17.1 Å². The van der Waals surface area contributed by atoms with E-state index in [-0.39, 0.29) is 6.04 Å². The summed E-state index contributed by atoms with van der Waals surface area (Å²) in [5.74, 6) is 0.931. The summed E-state index contributed by atoms with van der Waals surface area (Å²) in [6.45, 7) is 0. The Morgan fingerprint density at radius 1 is 1.14 bits per heavy atom. The molecule has 0 aliphatic heterocycles. The molecule has 106 valence electrons. The van der Waals surface area contributed by atoms with E-state index in [1.54, 1.807) is 0 Å². The molecule has 4 heteroatoms. The standard InChI is InChI=1S/C17H16ClN3/c18-12-6-9-14-15(10-12)21(13-7-8-13)17(20-14)16(19)11-4-2-1-3-5-11/h1-6,9-10,13,16H,7-8,19H2. The lowest BCUT2D eigenvalue weighted by Crippen LogP contribution is -2.17. The molecule has 0 radical (unpaired) electrons. The van der Waals surface area contributed by atoms with Gasteiger partial charge in [-0.2, -0.15) is 0 Å². The molecule has 2 N–H and O–H groups in total. The van der Waals surface area contributed by atoms with E-state index in [0.717, 1.165) is 27.4 Å². The Bertz CT molecular complexity index is 790. The Kier molecular flexibility index (Phi) is 2.98. The van der Waals surface area contributed by atoms with Gasteiger partial charge < -0.3 is 10.3 Å². The van der Waals surface area contributed by atoms with Gasteiger partial charge in [0.2, 0.25) is 0 Å². The summed E-state index contributed by atoms with van der Waals surface area (Å²) >= 11 is 6.15. The summed E-state index contributed by atoms with van der Waals surface area (Å²) in [6.07, 6.45) is 2.37. The molecule has 1 aliphatic rings. The molecule has 1 saturated carbocycles. The molecule has 1 atom stereocenters. The Balaban J connectivity index is 1.90. The number of aromatic nitrogens is 2. The number of fused-ring (bicyclic) bond motifs is 1. The molecular formula is C17H16ClN3. The first-order chi connectivity index (χ1) is 10.2. The zero-order valence-corrected chi connectivity index (χ0v) is 12.3.